The minimum Gasteiger partial charge on any atom is -0.427 e. The van der Waals surface area contributed by atoms with E-state index in [4.69, 9.17) is 27.9 Å². The van der Waals surface area contributed by atoms with Crippen molar-refractivity contribution in [3.63, 3.8) is 0 Å². The first-order chi connectivity index (χ1) is 10.2. The van der Waals surface area contributed by atoms with Crippen LogP contribution in [0.5, 0.6) is 5.75 Å². The van der Waals surface area contributed by atoms with E-state index >= 15 is 0 Å². The molecule has 0 amide bonds. The highest BCUT2D eigenvalue weighted by Gasteiger charge is 2.07. The Balaban J connectivity index is 2.54. The van der Waals surface area contributed by atoms with E-state index in [0.29, 0.717) is 23.9 Å². The molecule has 0 N–H and O–H groups in total. The lowest BCUT2D eigenvalue weighted by molar-refractivity contribution is -0.134. The van der Waals surface area contributed by atoms with Crippen LogP contribution in [-0.4, -0.2) is 30.8 Å². The fraction of sp³-hybridized carbons (Fsp3) is 0.562. The molecule has 0 radical (unpaired) electrons. The van der Waals surface area contributed by atoms with Crippen molar-refractivity contribution in [2.75, 3.05) is 29.7 Å². The van der Waals surface area contributed by atoms with E-state index in [0.717, 1.165) is 38.0 Å². The lowest BCUT2D eigenvalue weighted by atomic mass is 10.2. The van der Waals surface area contributed by atoms with Crippen molar-refractivity contribution < 1.29 is 9.53 Å². The third-order valence-corrected chi connectivity index (χ3v) is 3.46. The summed E-state index contributed by atoms with van der Waals surface area (Å²) in [7, 11) is 0. The molecule has 0 aliphatic heterocycles. The van der Waals surface area contributed by atoms with Crippen molar-refractivity contribution in [3.05, 3.63) is 24.3 Å². The Hall–Kier alpha value is -0.930. The van der Waals surface area contributed by atoms with E-state index in [-0.39, 0.29) is 5.97 Å². The Labute approximate surface area is 137 Å². The Kier molecular flexibility index (Phi) is 9.27. The van der Waals surface area contributed by atoms with E-state index in [2.05, 4.69) is 11.8 Å². The van der Waals surface area contributed by atoms with Gasteiger partial charge in [0.15, 0.2) is 0 Å². The molecule has 21 heavy (non-hydrogen) atoms. The molecule has 1 rings (SSSR count). The molecule has 5 heteroatoms. The lowest BCUT2D eigenvalue weighted by Crippen LogP contribution is -2.27. The second kappa shape index (κ2) is 10.7. The number of esters is 1. The Morgan fingerprint density at radius 2 is 1.71 bits per heavy atom. The van der Waals surface area contributed by atoms with Crippen LogP contribution in [0, 0.1) is 0 Å². The van der Waals surface area contributed by atoms with Gasteiger partial charge in [-0.05, 0) is 30.7 Å². The number of ether oxygens (including phenoxy) is 1. The molecule has 0 unspecified atom stereocenters. The van der Waals surface area contributed by atoms with E-state index < -0.39 is 0 Å². The third-order valence-electron chi connectivity index (χ3n) is 3.13. The summed E-state index contributed by atoms with van der Waals surface area (Å²) in [4.78, 5) is 13.7. The van der Waals surface area contributed by atoms with Gasteiger partial charge in [0.05, 0.1) is 0 Å². The third kappa shape index (κ3) is 7.05. The molecule has 1 aromatic carbocycles. The molecule has 0 saturated heterocycles. The van der Waals surface area contributed by atoms with Crippen molar-refractivity contribution >= 4 is 34.9 Å². The number of anilines is 1. The zero-order chi connectivity index (χ0) is 15.5. The molecule has 0 heterocycles. The van der Waals surface area contributed by atoms with Gasteiger partial charge in [-0.2, -0.15) is 0 Å². The van der Waals surface area contributed by atoms with Crippen molar-refractivity contribution in [2.24, 2.45) is 0 Å². The van der Waals surface area contributed by atoms with Crippen LogP contribution in [0.25, 0.3) is 0 Å². The van der Waals surface area contributed by atoms with Crippen LogP contribution in [-0.2, 0) is 4.79 Å². The molecule has 0 atom stereocenters. The summed E-state index contributed by atoms with van der Waals surface area (Å²) in [6, 6.07) is 7.46. The number of halogens is 2. The molecule has 0 saturated carbocycles. The smallest absolute Gasteiger partial charge is 0.311 e. The molecule has 1 aromatic rings. The normalized spacial score (nSPS) is 10.4. The fourth-order valence-corrected chi connectivity index (χ4v) is 2.41. The summed E-state index contributed by atoms with van der Waals surface area (Å²) in [5, 5.41) is 0. The molecule has 0 spiro atoms. The number of nitrogens with zero attached hydrogens (tertiary/aromatic N) is 1. The molecule has 0 fully saturated rings. The SMILES string of the molecule is CCCCCC(=O)Oc1ccc(N(CCCl)CCCl)cc1. The first kappa shape index (κ1) is 18.1. The van der Waals surface area contributed by atoms with Gasteiger partial charge in [-0.3, -0.25) is 4.79 Å². The average Bonchev–Trinajstić information content (AvgIpc) is 2.48. The van der Waals surface area contributed by atoms with E-state index in [1.54, 1.807) is 0 Å². The van der Waals surface area contributed by atoms with Crippen LogP contribution in [0.15, 0.2) is 24.3 Å². The monoisotopic (exact) mass is 331 g/mol. The zero-order valence-corrected chi connectivity index (χ0v) is 14.0. The van der Waals surface area contributed by atoms with Gasteiger partial charge in [-0.15, -0.1) is 23.2 Å². The molecular weight excluding hydrogens is 309 g/mol. The quantitative estimate of drug-likeness (QED) is 0.274. The Morgan fingerprint density at radius 1 is 1.10 bits per heavy atom. The molecule has 3 nitrogen and oxygen atoms in total. The van der Waals surface area contributed by atoms with Crippen molar-refractivity contribution in [2.45, 2.75) is 32.6 Å². The number of unbranched alkanes of at least 4 members (excludes halogenated alkanes) is 2. The highest BCUT2D eigenvalue weighted by molar-refractivity contribution is 6.18. The lowest BCUT2D eigenvalue weighted by Gasteiger charge is -2.22. The number of hydrogen-bond donors (Lipinski definition) is 0. The molecule has 0 aliphatic carbocycles. The summed E-state index contributed by atoms with van der Waals surface area (Å²) in [5.74, 6) is 1.50. The van der Waals surface area contributed by atoms with E-state index in [1.807, 2.05) is 24.3 Å². The maximum atomic E-state index is 11.6. The van der Waals surface area contributed by atoms with Crippen molar-refractivity contribution in [1.82, 2.24) is 0 Å². The second-order valence-electron chi connectivity index (χ2n) is 4.79. The number of rotatable bonds is 10. The van der Waals surface area contributed by atoms with Gasteiger partial charge < -0.3 is 9.64 Å². The van der Waals surface area contributed by atoms with Gasteiger partial charge in [0.1, 0.15) is 5.75 Å². The second-order valence-corrected chi connectivity index (χ2v) is 5.55. The maximum absolute atomic E-state index is 11.6. The van der Waals surface area contributed by atoms with Crippen LogP contribution in [0.3, 0.4) is 0 Å². The minimum absolute atomic E-state index is 0.172. The van der Waals surface area contributed by atoms with Crippen molar-refractivity contribution in [1.29, 1.82) is 0 Å². The Morgan fingerprint density at radius 3 is 2.24 bits per heavy atom. The largest absolute Gasteiger partial charge is 0.427 e. The number of hydrogen-bond acceptors (Lipinski definition) is 3. The summed E-state index contributed by atoms with van der Waals surface area (Å²) < 4.78 is 5.31. The zero-order valence-electron chi connectivity index (χ0n) is 12.5. The predicted molar refractivity (Wildman–Crippen MR) is 89.9 cm³/mol. The number of carbonyl (C=O) groups excluding carboxylic acids is 1. The predicted octanol–water partition coefficient (Wildman–Crippen LogP) is 4.46. The van der Waals surface area contributed by atoms with Gasteiger partial charge >= 0.3 is 5.97 Å². The van der Waals surface area contributed by atoms with Crippen LogP contribution in [0.1, 0.15) is 32.6 Å². The van der Waals surface area contributed by atoms with Crippen LogP contribution in [0.4, 0.5) is 5.69 Å². The summed E-state index contributed by atoms with van der Waals surface area (Å²) in [6.45, 7) is 3.59. The molecular formula is C16H23Cl2NO2. The fourth-order valence-electron chi connectivity index (χ4n) is 2.00. The standard InChI is InChI=1S/C16H23Cl2NO2/c1-2-3-4-5-16(20)21-15-8-6-14(7-9-15)19(12-10-17)13-11-18/h6-9H,2-5,10-13H2,1H3. The van der Waals surface area contributed by atoms with Crippen LogP contribution >= 0.6 is 23.2 Å². The summed E-state index contributed by atoms with van der Waals surface area (Å²) in [6.07, 6.45) is 3.51. The van der Waals surface area contributed by atoms with Crippen molar-refractivity contribution in [3.8, 4) is 5.75 Å². The van der Waals surface area contributed by atoms with Gasteiger partial charge in [0.2, 0.25) is 0 Å². The van der Waals surface area contributed by atoms with Gasteiger partial charge in [-0.25, -0.2) is 0 Å². The van der Waals surface area contributed by atoms with E-state index in [9.17, 15) is 4.79 Å². The summed E-state index contributed by atoms with van der Waals surface area (Å²) in [5.41, 5.74) is 1.03. The first-order valence-corrected chi connectivity index (χ1v) is 8.45. The molecule has 0 aliphatic rings. The molecule has 118 valence electrons. The highest BCUT2D eigenvalue weighted by atomic mass is 35.5. The molecule has 0 aromatic heterocycles. The maximum Gasteiger partial charge on any atom is 0.311 e. The van der Waals surface area contributed by atoms with Gasteiger partial charge in [0.25, 0.3) is 0 Å². The topological polar surface area (TPSA) is 29.5 Å². The number of benzene rings is 1. The van der Waals surface area contributed by atoms with Crippen LogP contribution < -0.4 is 9.64 Å². The average molecular weight is 332 g/mol. The van der Waals surface area contributed by atoms with Crippen LogP contribution in [0.2, 0.25) is 0 Å². The van der Waals surface area contributed by atoms with Gasteiger partial charge in [-0.1, -0.05) is 19.8 Å². The summed E-state index contributed by atoms with van der Waals surface area (Å²) >= 11 is 11.6. The molecule has 0 bridgehead atoms. The first-order valence-electron chi connectivity index (χ1n) is 7.38. The van der Waals surface area contributed by atoms with Gasteiger partial charge in [0, 0.05) is 37.0 Å². The Bertz CT molecular complexity index is 403. The highest BCUT2D eigenvalue weighted by Crippen LogP contribution is 2.20. The minimum atomic E-state index is -0.172. The number of alkyl halides is 2. The number of carbonyl (C=O) groups is 1. The van der Waals surface area contributed by atoms with E-state index in [1.165, 1.54) is 0 Å².